The first-order valence-corrected chi connectivity index (χ1v) is 9.95. The normalized spacial score (nSPS) is 15.1. The summed E-state index contributed by atoms with van der Waals surface area (Å²) in [6.45, 7) is 1.95. The maximum atomic E-state index is 5.65. The van der Waals surface area contributed by atoms with E-state index in [4.69, 9.17) is 19.2 Å². The fraction of sp³-hybridized carbons (Fsp3) is 0.381. The molecule has 0 aliphatic carbocycles. The van der Waals surface area contributed by atoms with Crippen molar-refractivity contribution in [3.63, 3.8) is 0 Å². The lowest BCUT2D eigenvalue weighted by Crippen LogP contribution is -2.33. The van der Waals surface area contributed by atoms with Crippen molar-refractivity contribution in [3.05, 3.63) is 42.0 Å². The SMILES string of the molecule is COc1cc(OC)c(C2CCN(c3nc4ccccc4s3)CC2)c(OC)c1. The average molecular weight is 385 g/mol. The molecule has 5 nitrogen and oxygen atoms in total. The van der Waals surface area contributed by atoms with Crippen LogP contribution in [0.15, 0.2) is 36.4 Å². The highest BCUT2D eigenvalue weighted by atomic mass is 32.1. The van der Waals surface area contributed by atoms with Crippen LogP contribution in [0.5, 0.6) is 17.2 Å². The van der Waals surface area contributed by atoms with Gasteiger partial charge in [0.25, 0.3) is 0 Å². The number of benzene rings is 2. The Labute approximate surface area is 163 Å². The molecule has 142 valence electrons. The number of rotatable bonds is 5. The topological polar surface area (TPSA) is 43.8 Å². The minimum absolute atomic E-state index is 0.395. The quantitative estimate of drug-likeness (QED) is 0.638. The highest BCUT2D eigenvalue weighted by Gasteiger charge is 2.28. The summed E-state index contributed by atoms with van der Waals surface area (Å²) in [5, 5.41) is 1.11. The van der Waals surface area contributed by atoms with Gasteiger partial charge in [-0.05, 0) is 30.9 Å². The molecule has 1 aliphatic rings. The second-order valence-corrected chi connectivity index (χ2v) is 7.68. The smallest absolute Gasteiger partial charge is 0.186 e. The molecule has 1 saturated heterocycles. The fourth-order valence-corrected chi connectivity index (χ4v) is 4.81. The zero-order chi connectivity index (χ0) is 18.8. The van der Waals surface area contributed by atoms with E-state index in [1.807, 2.05) is 18.2 Å². The number of methoxy groups -OCH3 is 3. The Balaban J connectivity index is 1.55. The van der Waals surface area contributed by atoms with E-state index in [0.717, 1.165) is 59.4 Å². The Bertz CT molecular complexity index is 874. The van der Waals surface area contributed by atoms with Crippen molar-refractivity contribution in [2.24, 2.45) is 0 Å². The Hall–Kier alpha value is -2.47. The molecule has 4 rings (SSSR count). The van der Waals surface area contributed by atoms with E-state index in [1.165, 1.54) is 4.70 Å². The number of hydrogen-bond acceptors (Lipinski definition) is 6. The third kappa shape index (κ3) is 3.41. The van der Waals surface area contributed by atoms with Crippen molar-refractivity contribution < 1.29 is 14.2 Å². The van der Waals surface area contributed by atoms with Gasteiger partial charge in [-0.25, -0.2) is 4.98 Å². The lowest BCUT2D eigenvalue weighted by Gasteiger charge is -2.33. The van der Waals surface area contributed by atoms with Crippen LogP contribution in [0.3, 0.4) is 0 Å². The van der Waals surface area contributed by atoms with Crippen LogP contribution in [-0.2, 0) is 0 Å². The lowest BCUT2D eigenvalue weighted by atomic mass is 9.88. The number of fused-ring (bicyclic) bond motifs is 1. The van der Waals surface area contributed by atoms with Gasteiger partial charge in [0.15, 0.2) is 5.13 Å². The standard InChI is InChI=1S/C21H24N2O3S/c1-24-15-12-17(25-2)20(18(13-15)26-3)14-8-10-23(11-9-14)21-22-16-6-4-5-7-19(16)27-21/h4-7,12-14H,8-11H2,1-3H3. The molecule has 0 radical (unpaired) electrons. The first-order chi connectivity index (χ1) is 13.2. The molecule has 0 N–H and O–H groups in total. The number of para-hydroxylation sites is 1. The number of piperidine rings is 1. The summed E-state index contributed by atoms with van der Waals surface area (Å²) in [6, 6.07) is 12.2. The number of thiazole rings is 1. The van der Waals surface area contributed by atoms with Crippen molar-refractivity contribution in [1.82, 2.24) is 4.98 Å². The first kappa shape index (κ1) is 17.9. The molecule has 2 aromatic carbocycles. The molecule has 0 bridgehead atoms. The van der Waals surface area contributed by atoms with E-state index in [1.54, 1.807) is 32.7 Å². The zero-order valence-corrected chi connectivity index (χ0v) is 16.7. The van der Waals surface area contributed by atoms with Gasteiger partial charge >= 0.3 is 0 Å². The van der Waals surface area contributed by atoms with Gasteiger partial charge in [-0.15, -0.1) is 0 Å². The van der Waals surface area contributed by atoms with Crippen LogP contribution in [0.1, 0.15) is 24.3 Å². The van der Waals surface area contributed by atoms with Gasteiger partial charge in [0, 0.05) is 30.8 Å². The molecule has 6 heteroatoms. The number of anilines is 1. The van der Waals surface area contributed by atoms with Crippen LogP contribution in [0.25, 0.3) is 10.2 Å². The van der Waals surface area contributed by atoms with Crippen LogP contribution in [0.4, 0.5) is 5.13 Å². The molecule has 2 heterocycles. The molecule has 3 aromatic rings. The monoisotopic (exact) mass is 384 g/mol. The van der Waals surface area contributed by atoms with E-state index in [2.05, 4.69) is 23.1 Å². The third-order valence-electron chi connectivity index (χ3n) is 5.21. The Morgan fingerprint density at radius 2 is 1.63 bits per heavy atom. The summed E-state index contributed by atoms with van der Waals surface area (Å²) >= 11 is 1.77. The molecule has 27 heavy (non-hydrogen) atoms. The van der Waals surface area contributed by atoms with Crippen LogP contribution in [0, 0.1) is 0 Å². The molecule has 0 saturated carbocycles. The average Bonchev–Trinajstić information content (AvgIpc) is 3.17. The summed E-state index contributed by atoms with van der Waals surface area (Å²) in [6.07, 6.45) is 2.07. The fourth-order valence-electron chi connectivity index (χ4n) is 3.79. The number of nitrogens with zero attached hydrogens (tertiary/aromatic N) is 2. The van der Waals surface area contributed by atoms with Crippen molar-refractivity contribution in [2.75, 3.05) is 39.3 Å². The van der Waals surface area contributed by atoms with Crippen LogP contribution >= 0.6 is 11.3 Å². The van der Waals surface area contributed by atoms with Crippen LogP contribution in [-0.4, -0.2) is 39.4 Å². The van der Waals surface area contributed by atoms with Gasteiger partial charge in [0.05, 0.1) is 31.5 Å². The second-order valence-electron chi connectivity index (χ2n) is 6.67. The molecular formula is C21H24N2O3S. The van der Waals surface area contributed by atoms with E-state index >= 15 is 0 Å². The Morgan fingerprint density at radius 3 is 2.22 bits per heavy atom. The highest BCUT2D eigenvalue weighted by molar-refractivity contribution is 7.22. The summed E-state index contributed by atoms with van der Waals surface area (Å²) in [7, 11) is 5.06. The second kappa shape index (κ2) is 7.64. The number of aromatic nitrogens is 1. The van der Waals surface area contributed by atoms with Gasteiger partial charge in [-0.1, -0.05) is 23.5 Å². The molecular weight excluding hydrogens is 360 g/mol. The minimum Gasteiger partial charge on any atom is -0.496 e. The van der Waals surface area contributed by atoms with Crippen LogP contribution < -0.4 is 19.1 Å². The van der Waals surface area contributed by atoms with Crippen molar-refractivity contribution in [2.45, 2.75) is 18.8 Å². The maximum absolute atomic E-state index is 5.65. The van der Waals surface area contributed by atoms with Gasteiger partial charge in [-0.2, -0.15) is 0 Å². The molecule has 0 unspecified atom stereocenters. The van der Waals surface area contributed by atoms with Crippen LogP contribution in [0.2, 0.25) is 0 Å². The van der Waals surface area contributed by atoms with Gasteiger partial charge in [0.2, 0.25) is 0 Å². The highest BCUT2D eigenvalue weighted by Crippen LogP contribution is 2.44. The lowest BCUT2D eigenvalue weighted by molar-refractivity contribution is 0.356. The summed E-state index contributed by atoms with van der Waals surface area (Å²) < 4.78 is 17.9. The van der Waals surface area contributed by atoms with Gasteiger partial charge < -0.3 is 19.1 Å². The molecule has 0 amide bonds. The van der Waals surface area contributed by atoms with Gasteiger partial charge in [0.1, 0.15) is 17.2 Å². The molecule has 0 atom stereocenters. The van der Waals surface area contributed by atoms with Crippen molar-refractivity contribution in [1.29, 1.82) is 0 Å². The Morgan fingerprint density at radius 1 is 0.963 bits per heavy atom. The van der Waals surface area contributed by atoms with E-state index in [9.17, 15) is 0 Å². The number of hydrogen-bond donors (Lipinski definition) is 0. The molecule has 1 fully saturated rings. The maximum Gasteiger partial charge on any atom is 0.186 e. The predicted molar refractivity (Wildman–Crippen MR) is 110 cm³/mol. The predicted octanol–water partition coefficient (Wildman–Crippen LogP) is 4.71. The van der Waals surface area contributed by atoms with E-state index in [-0.39, 0.29) is 0 Å². The first-order valence-electron chi connectivity index (χ1n) is 9.14. The number of ether oxygens (including phenoxy) is 3. The minimum atomic E-state index is 0.395. The van der Waals surface area contributed by atoms with E-state index < -0.39 is 0 Å². The largest absolute Gasteiger partial charge is 0.496 e. The van der Waals surface area contributed by atoms with Gasteiger partial charge in [-0.3, -0.25) is 0 Å². The third-order valence-corrected chi connectivity index (χ3v) is 6.31. The Kier molecular flexibility index (Phi) is 5.07. The summed E-state index contributed by atoms with van der Waals surface area (Å²) in [5.74, 6) is 2.82. The van der Waals surface area contributed by atoms with Crippen molar-refractivity contribution >= 4 is 26.7 Å². The summed E-state index contributed by atoms with van der Waals surface area (Å²) in [4.78, 5) is 7.20. The zero-order valence-electron chi connectivity index (χ0n) is 15.9. The van der Waals surface area contributed by atoms with E-state index in [0.29, 0.717) is 5.92 Å². The molecule has 1 aliphatic heterocycles. The molecule has 0 spiro atoms. The summed E-state index contributed by atoms with van der Waals surface area (Å²) in [5.41, 5.74) is 2.22. The molecule has 1 aromatic heterocycles. The van der Waals surface area contributed by atoms with Crippen molar-refractivity contribution in [3.8, 4) is 17.2 Å².